The number of rotatable bonds is 16. The number of halogens is 1. The van der Waals surface area contributed by atoms with Crippen molar-refractivity contribution in [3.8, 4) is 57.6 Å². The summed E-state index contributed by atoms with van der Waals surface area (Å²) in [5.41, 5.74) is 18.0. The van der Waals surface area contributed by atoms with Crippen LogP contribution in [0.4, 0.5) is 23.3 Å². The topological polar surface area (TPSA) is 236 Å². The van der Waals surface area contributed by atoms with E-state index in [1.807, 2.05) is 119 Å². The first-order valence-corrected chi connectivity index (χ1v) is 32.3. The zero-order valence-electron chi connectivity index (χ0n) is 43.8. The van der Waals surface area contributed by atoms with Gasteiger partial charge < -0.3 is 25.8 Å². The zero-order valence-corrected chi connectivity index (χ0v) is 47.2. The van der Waals surface area contributed by atoms with Crippen molar-refractivity contribution in [3.63, 3.8) is 0 Å². The summed E-state index contributed by atoms with van der Waals surface area (Å²) >= 11 is 0. The van der Waals surface area contributed by atoms with E-state index in [4.69, 9.17) is 37.3 Å². The van der Waals surface area contributed by atoms with Crippen LogP contribution in [0, 0.1) is 23.8 Å². The highest BCUT2D eigenvalue weighted by molar-refractivity contribution is 8.14. The van der Waals surface area contributed by atoms with Crippen LogP contribution in [-0.4, -0.2) is 100 Å². The Labute approximate surface area is 491 Å². The summed E-state index contributed by atoms with van der Waals surface area (Å²) in [6.07, 6.45) is 19.4. The van der Waals surface area contributed by atoms with Gasteiger partial charge in [0.1, 0.15) is 32.8 Å². The molecule has 0 bridgehead atoms. The van der Waals surface area contributed by atoms with Crippen molar-refractivity contribution in [2.24, 2.45) is 19.8 Å². The Kier molecular flexibility index (Phi) is 24.8. The molecule has 0 aliphatic heterocycles. The molecule has 2 saturated carbocycles. The second kappa shape index (κ2) is 29.6. The number of nitrogens with two attached hydrogens (primary N) is 1. The van der Waals surface area contributed by atoms with Gasteiger partial charge in [-0.25, -0.2) is 41.5 Å². The van der Waals surface area contributed by atoms with E-state index in [2.05, 4.69) is 77.5 Å². The Bertz CT molecular complexity index is 3770. The summed E-state index contributed by atoms with van der Waals surface area (Å²) in [5.74, 6) is 8.14. The molecule has 0 saturated heterocycles. The van der Waals surface area contributed by atoms with Crippen LogP contribution in [0.5, 0.6) is 11.5 Å². The van der Waals surface area contributed by atoms with Gasteiger partial charge in [-0.15, -0.1) is 12.0 Å². The van der Waals surface area contributed by atoms with Crippen LogP contribution in [0.15, 0.2) is 110 Å². The minimum Gasteiger partial charge on any atom is -0.492 e. The lowest BCUT2D eigenvalue weighted by molar-refractivity contribution is 0.287. The van der Waals surface area contributed by atoms with Crippen molar-refractivity contribution in [2.45, 2.75) is 119 Å². The molecule has 2 aliphatic carbocycles. The smallest absolute Gasteiger partial charge is 0.235 e. The fraction of sp³-hybridized carbons (Fsp3) is 0.367. The van der Waals surface area contributed by atoms with E-state index in [1.54, 1.807) is 28.7 Å². The average molecular weight is 1190 g/mol. The van der Waals surface area contributed by atoms with Gasteiger partial charge in [-0.05, 0) is 111 Å². The maximum atomic E-state index is 12.2. The van der Waals surface area contributed by atoms with E-state index in [1.165, 1.54) is 0 Å². The number of aromatic nitrogens is 8. The largest absolute Gasteiger partial charge is 0.492 e. The summed E-state index contributed by atoms with van der Waals surface area (Å²) < 4.78 is 62.9. The number of aryl methyl sites for hydroxylation is 2. The molecule has 18 nitrogen and oxygen atoms in total. The second-order valence-corrected chi connectivity index (χ2v) is 29.8. The maximum absolute atomic E-state index is 12.2. The Balaban J connectivity index is 0.000000364. The lowest BCUT2D eigenvalue weighted by Crippen LogP contribution is -2.38. The molecule has 10 rings (SSSR count). The van der Waals surface area contributed by atoms with Crippen molar-refractivity contribution in [1.82, 2.24) is 44.2 Å². The molecular formula is C60H81ClN12O6S2Si. The van der Waals surface area contributed by atoms with E-state index in [0.717, 1.165) is 79.4 Å². The second-order valence-electron chi connectivity index (χ2n) is 20.2. The molecule has 2 atom stereocenters. The van der Waals surface area contributed by atoms with Crippen LogP contribution >= 0.6 is 10.7 Å². The Morgan fingerprint density at radius 1 is 0.671 bits per heavy atom. The summed E-state index contributed by atoms with van der Waals surface area (Å²) in [4.78, 5) is 18.2. The Morgan fingerprint density at radius 3 is 1.54 bits per heavy atom. The van der Waals surface area contributed by atoms with Crippen molar-refractivity contribution in [1.29, 1.82) is 0 Å². The third kappa shape index (κ3) is 20.3. The minimum absolute atomic E-state index is 0. The van der Waals surface area contributed by atoms with Gasteiger partial charge in [-0.1, -0.05) is 68.6 Å². The highest BCUT2D eigenvalue weighted by Gasteiger charge is 2.36. The van der Waals surface area contributed by atoms with Crippen molar-refractivity contribution in [3.05, 3.63) is 121 Å². The van der Waals surface area contributed by atoms with Crippen molar-refractivity contribution in [2.75, 3.05) is 23.8 Å². The summed E-state index contributed by atoms with van der Waals surface area (Å²) in [5, 5.41) is 16.4. The number of benzene rings is 4. The maximum Gasteiger partial charge on any atom is 0.235 e. The van der Waals surface area contributed by atoms with E-state index in [9.17, 15) is 16.8 Å². The number of anilines is 4. The Hall–Kier alpha value is -7.37. The molecule has 4 aromatic heterocycles. The van der Waals surface area contributed by atoms with Gasteiger partial charge in [-0.2, -0.15) is 10.2 Å². The highest BCUT2D eigenvalue weighted by atomic mass is 35.7. The molecule has 5 N–H and O–H groups in total. The first-order valence-electron chi connectivity index (χ1n) is 24.9. The number of nitrogens with zero attached hydrogens (tertiary/aromatic N) is 8. The average Bonchev–Trinajstić information content (AvgIpc) is 4.44. The number of hydrogen-bond donors (Lipinski definition) is 4. The quantitative estimate of drug-likeness (QED) is 0.0400. The SMILES string of the molecule is C.C.C.C.C.C#Cc1ccc2nc(Nc3cc(OC[C@@H](C)NS(=O)(=O)C4CC4)cc(-c4cnn(C)c4)c3)ncc2c1.C[C@@H](N)COc1cc(Nc2ncc3cc(C#C[Si](C)(C)C)ccc3n2)cc(-c2cnn(C)c2)c1.O=S(=O)(Cl)C1CC1. The predicted molar refractivity (Wildman–Crippen MR) is 342 cm³/mol. The van der Waals surface area contributed by atoms with E-state index >= 15 is 0 Å². The third-order valence-corrected chi connectivity index (χ3v) is 16.6. The molecule has 0 spiro atoms. The van der Waals surface area contributed by atoms with E-state index in [-0.39, 0.29) is 66.3 Å². The van der Waals surface area contributed by atoms with Gasteiger partial charge in [0, 0.05) is 112 Å². The minimum atomic E-state index is -3.29. The zero-order chi connectivity index (χ0) is 55.1. The molecule has 8 aromatic rings. The van der Waals surface area contributed by atoms with Crippen LogP contribution in [0.1, 0.15) is 87.8 Å². The molecule has 2 fully saturated rings. The monoisotopic (exact) mass is 1190 g/mol. The number of ether oxygens (including phenoxy) is 2. The lowest BCUT2D eigenvalue weighted by atomic mass is 10.1. The molecule has 82 heavy (non-hydrogen) atoms. The number of terminal acetylenes is 1. The van der Waals surface area contributed by atoms with Gasteiger partial charge in [-0.3, -0.25) is 9.36 Å². The first kappa shape index (κ1) is 68.9. The molecule has 4 aromatic carbocycles. The number of sulfonamides is 1. The first-order chi connectivity index (χ1) is 36.5. The molecule has 440 valence electrons. The van der Waals surface area contributed by atoms with E-state index in [0.29, 0.717) is 42.8 Å². The van der Waals surface area contributed by atoms with E-state index < -0.39 is 27.1 Å². The van der Waals surface area contributed by atoms with Crippen LogP contribution in [0.25, 0.3) is 44.1 Å². The van der Waals surface area contributed by atoms with Gasteiger partial charge in [0.05, 0.1) is 40.0 Å². The van der Waals surface area contributed by atoms with Crippen molar-refractivity contribution < 1.29 is 26.3 Å². The predicted octanol–water partition coefficient (Wildman–Crippen LogP) is 12.2. The number of fused-ring (bicyclic) bond motifs is 2. The standard InChI is InChI=1S/C26H26N6O3S.C26H30N6OSi.C3H5ClO2S.5CH4/c1-4-18-5-8-25-20(9-18)13-27-26(30-25)29-22-10-19(21-14-28-32(3)15-21)11-23(12-22)35-16-17(2)31-36(33,34)24-6-7-24;1-18(27)17-33-24-12-20(22-15-29-32(2)16-22)11-23(13-24)30-26-28-14-21-10-19(6-7-25(21)31-26)8-9-34(3,4)5;4-7(5,6)3-1-2-3;;;;;/h1,5,8-15,17,24,31H,6-7,16H2,2-3H3,(H,27,29,30);6-7,10-16,18H,17,27H2,1-5H3,(H,28,30,31);3H,1-2H2;5*1H4/t17-;18-;;;;;;/m11....../s1. The van der Waals surface area contributed by atoms with Crippen LogP contribution in [0.3, 0.4) is 0 Å². The Morgan fingerprint density at radius 2 is 1.13 bits per heavy atom. The van der Waals surface area contributed by atoms with Crippen molar-refractivity contribution >= 4 is 82.9 Å². The summed E-state index contributed by atoms with van der Waals surface area (Å²) in [7, 11) is 0.770. The molecular weight excluding hydrogens is 1110 g/mol. The van der Waals surface area contributed by atoms with Gasteiger partial charge >= 0.3 is 0 Å². The molecule has 0 unspecified atom stereocenters. The fourth-order valence-corrected chi connectivity index (χ4v) is 10.8. The molecule has 22 heteroatoms. The summed E-state index contributed by atoms with van der Waals surface area (Å²) in [6, 6.07) is 22.8. The van der Waals surface area contributed by atoms with Crippen LogP contribution in [-0.2, 0) is 33.2 Å². The normalized spacial score (nSPS) is 13.3. The van der Waals surface area contributed by atoms with Crippen LogP contribution in [0.2, 0.25) is 19.6 Å². The number of hydrogen-bond acceptors (Lipinski definition) is 15. The fourth-order valence-electron chi connectivity index (χ4n) is 7.44. The lowest BCUT2D eigenvalue weighted by Gasteiger charge is -2.16. The molecule has 2 aliphatic rings. The highest BCUT2D eigenvalue weighted by Crippen LogP contribution is 2.33. The number of nitrogens with one attached hydrogen (secondary N) is 3. The summed E-state index contributed by atoms with van der Waals surface area (Å²) in [6.45, 7) is 11.0. The van der Waals surface area contributed by atoms with Gasteiger partial charge in [0.25, 0.3) is 0 Å². The van der Waals surface area contributed by atoms with Gasteiger partial charge in [0.2, 0.25) is 31.0 Å². The van der Waals surface area contributed by atoms with Crippen LogP contribution < -0.4 is 30.6 Å². The molecule has 0 amide bonds. The van der Waals surface area contributed by atoms with Gasteiger partial charge in [0.15, 0.2) is 0 Å². The molecule has 0 radical (unpaired) electrons. The molecule has 4 heterocycles. The third-order valence-electron chi connectivity index (χ3n) is 11.6.